The van der Waals surface area contributed by atoms with E-state index in [1.54, 1.807) is 30.3 Å². The molecule has 2 aromatic carbocycles. The SMILES string of the molecule is O=C(CN1CCC[C@](O)(COc2ccc(Cl)c(Cl)c2)CC1)NCc1cccc(F)c1. The number of aliphatic hydroxyl groups is 1. The molecule has 1 heterocycles. The van der Waals surface area contributed by atoms with Gasteiger partial charge >= 0.3 is 0 Å². The molecule has 2 aromatic rings. The van der Waals surface area contributed by atoms with E-state index in [-0.39, 0.29) is 31.4 Å². The standard InChI is InChI=1S/C22H25Cl2FN2O3/c23-19-6-5-18(12-20(19)24)30-15-22(29)7-2-9-27(10-8-22)14-21(28)26-13-16-3-1-4-17(25)11-16/h1,3-6,11-12,29H,2,7-10,13-15H2,(H,26,28)/t22-/m1/s1. The normalized spacial score (nSPS) is 19.9. The Morgan fingerprint density at radius 3 is 2.77 bits per heavy atom. The molecule has 0 aliphatic carbocycles. The fourth-order valence-corrected chi connectivity index (χ4v) is 3.72. The number of hydrogen-bond donors (Lipinski definition) is 2. The first-order valence-electron chi connectivity index (χ1n) is 9.87. The van der Waals surface area contributed by atoms with Crippen molar-refractivity contribution in [3.8, 4) is 5.75 Å². The molecule has 1 aliphatic rings. The van der Waals surface area contributed by atoms with Crippen LogP contribution in [0.3, 0.4) is 0 Å². The van der Waals surface area contributed by atoms with Crippen LogP contribution in [0.25, 0.3) is 0 Å². The van der Waals surface area contributed by atoms with E-state index in [4.69, 9.17) is 27.9 Å². The van der Waals surface area contributed by atoms with Crippen LogP contribution in [0, 0.1) is 5.82 Å². The van der Waals surface area contributed by atoms with Gasteiger partial charge in [-0.1, -0.05) is 35.3 Å². The smallest absolute Gasteiger partial charge is 0.234 e. The Morgan fingerprint density at radius 1 is 1.17 bits per heavy atom. The molecule has 1 fully saturated rings. The van der Waals surface area contributed by atoms with Crippen LogP contribution in [0.5, 0.6) is 5.75 Å². The number of halogens is 3. The minimum atomic E-state index is -0.973. The first-order valence-corrected chi connectivity index (χ1v) is 10.6. The summed E-state index contributed by atoms with van der Waals surface area (Å²) in [6, 6.07) is 11.1. The predicted molar refractivity (Wildman–Crippen MR) is 115 cm³/mol. The maximum atomic E-state index is 13.2. The highest BCUT2D eigenvalue weighted by atomic mass is 35.5. The molecular weight excluding hydrogens is 430 g/mol. The maximum absolute atomic E-state index is 13.2. The van der Waals surface area contributed by atoms with Crippen molar-refractivity contribution in [1.29, 1.82) is 0 Å². The van der Waals surface area contributed by atoms with Gasteiger partial charge in [0.05, 0.1) is 22.2 Å². The van der Waals surface area contributed by atoms with Crippen LogP contribution >= 0.6 is 23.2 Å². The van der Waals surface area contributed by atoms with Gasteiger partial charge in [0.2, 0.25) is 5.91 Å². The number of nitrogens with one attached hydrogen (secondary N) is 1. The van der Waals surface area contributed by atoms with Crippen LogP contribution in [-0.4, -0.2) is 47.8 Å². The third-order valence-electron chi connectivity index (χ3n) is 5.15. The number of likely N-dealkylation sites (tertiary alicyclic amines) is 1. The topological polar surface area (TPSA) is 61.8 Å². The molecule has 0 bridgehead atoms. The van der Waals surface area contributed by atoms with E-state index in [0.717, 1.165) is 6.42 Å². The number of rotatable bonds is 7. The second kappa shape index (κ2) is 10.4. The lowest BCUT2D eigenvalue weighted by Crippen LogP contribution is -2.40. The molecule has 3 rings (SSSR count). The predicted octanol–water partition coefficient (Wildman–Crippen LogP) is 4.04. The zero-order valence-corrected chi connectivity index (χ0v) is 18.1. The van der Waals surface area contributed by atoms with Crippen LogP contribution in [0.4, 0.5) is 4.39 Å². The zero-order valence-electron chi connectivity index (χ0n) is 16.5. The molecule has 5 nitrogen and oxygen atoms in total. The third-order valence-corrected chi connectivity index (χ3v) is 5.89. The van der Waals surface area contributed by atoms with Crippen molar-refractivity contribution in [1.82, 2.24) is 10.2 Å². The lowest BCUT2D eigenvalue weighted by Gasteiger charge is -2.27. The summed E-state index contributed by atoms with van der Waals surface area (Å²) in [6.45, 7) is 1.95. The van der Waals surface area contributed by atoms with Gasteiger partial charge in [0, 0.05) is 19.2 Å². The average molecular weight is 455 g/mol. The summed E-state index contributed by atoms with van der Waals surface area (Å²) in [6.07, 6.45) is 1.82. The Bertz CT molecular complexity index is 883. The summed E-state index contributed by atoms with van der Waals surface area (Å²) in [4.78, 5) is 14.3. The summed E-state index contributed by atoms with van der Waals surface area (Å²) in [5.41, 5.74) is -0.258. The van der Waals surface area contributed by atoms with Crippen molar-refractivity contribution in [2.24, 2.45) is 0 Å². The van der Waals surface area contributed by atoms with E-state index < -0.39 is 5.60 Å². The molecule has 0 aromatic heterocycles. The van der Waals surface area contributed by atoms with Gasteiger partial charge in [0.25, 0.3) is 0 Å². The highest BCUT2D eigenvalue weighted by molar-refractivity contribution is 6.42. The molecule has 0 spiro atoms. The van der Waals surface area contributed by atoms with E-state index in [1.807, 2.05) is 4.90 Å². The molecule has 162 valence electrons. The number of nitrogens with zero attached hydrogens (tertiary/aromatic N) is 1. The van der Waals surface area contributed by atoms with E-state index in [9.17, 15) is 14.3 Å². The van der Waals surface area contributed by atoms with Crippen LogP contribution in [0.2, 0.25) is 10.0 Å². The average Bonchev–Trinajstić information content (AvgIpc) is 2.89. The minimum Gasteiger partial charge on any atom is -0.491 e. The van der Waals surface area contributed by atoms with Crippen molar-refractivity contribution < 1.29 is 19.0 Å². The fourth-order valence-electron chi connectivity index (χ4n) is 3.43. The van der Waals surface area contributed by atoms with Gasteiger partial charge in [-0.3, -0.25) is 9.69 Å². The second-order valence-electron chi connectivity index (χ2n) is 7.63. The highest BCUT2D eigenvalue weighted by Gasteiger charge is 2.31. The number of ether oxygens (including phenoxy) is 1. The Balaban J connectivity index is 1.45. The number of hydrogen-bond acceptors (Lipinski definition) is 4. The lowest BCUT2D eigenvalue weighted by atomic mass is 9.96. The molecule has 0 unspecified atom stereocenters. The van der Waals surface area contributed by atoms with Gasteiger partial charge < -0.3 is 15.2 Å². The van der Waals surface area contributed by atoms with Crippen molar-refractivity contribution >= 4 is 29.1 Å². The Hall–Kier alpha value is -1.86. The molecule has 1 saturated heterocycles. The van der Waals surface area contributed by atoms with Gasteiger partial charge in [-0.2, -0.15) is 0 Å². The minimum absolute atomic E-state index is 0.128. The summed E-state index contributed by atoms with van der Waals surface area (Å²) >= 11 is 11.9. The molecule has 30 heavy (non-hydrogen) atoms. The largest absolute Gasteiger partial charge is 0.491 e. The molecule has 1 amide bonds. The monoisotopic (exact) mass is 454 g/mol. The van der Waals surface area contributed by atoms with Crippen LogP contribution in [0.1, 0.15) is 24.8 Å². The summed E-state index contributed by atoms with van der Waals surface area (Å²) in [5, 5.41) is 14.6. The van der Waals surface area contributed by atoms with Gasteiger partial charge in [0.1, 0.15) is 18.2 Å². The molecule has 0 saturated carbocycles. The molecule has 1 atom stereocenters. The Labute approximate surface area is 185 Å². The maximum Gasteiger partial charge on any atom is 0.234 e. The van der Waals surface area contributed by atoms with Crippen LogP contribution in [0.15, 0.2) is 42.5 Å². The zero-order chi connectivity index (χ0) is 21.6. The fraction of sp³-hybridized carbons (Fsp3) is 0.409. The van der Waals surface area contributed by atoms with Crippen molar-refractivity contribution in [2.45, 2.75) is 31.4 Å². The summed E-state index contributed by atoms with van der Waals surface area (Å²) in [7, 11) is 0. The second-order valence-corrected chi connectivity index (χ2v) is 8.44. The van der Waals surface area contributed by atoms with Crippen molar-refractivity contribution in [3.63, 3.8) is 0 Å². The first kappa shape index (κ1) is 22.8. The van der Waals surface area contributed by atoms with Crippen LogP contribution < -0.4 is 10.1 Å². The Morgan fingerprint density at radius 2 is 2.00 bits per heavy atom. The molecular formula is C22H25Cl2FN2O3. The highest BCUT2D eigenvalue weighted by Crippen LogP contribution is 2.28. The number of amides is 1. The molecule has 1 aliphatic heterocycles. The van der Waals surface area contributed by atoms with Crippen LogP contribution in [-0.2, 0) is 11.3 Å². The molecule has 8 heteroatoms. The number of carbonyl (C=O) groups excluding carboxylic acids is 1. The van der Waals surface area contributed by atoms with Gasteiger partial charge in [0.15, 0.2) is 0 Å². The number of benzene rings is 2. The molecule has 0 radical (unpaired) electrons. The van der Waals surface area contributed by atoms with E-state index in [1.165, 1.54) is 12.1 Å². The Kier molecular flexibility index (Phi) is 7.94. The molecule has 2 N–H and O–H groups in total. The van der Waals surface area contributed by atoms with E-state index in [0.29, 0.717) is 47.3 Å². The van der Waals surface area contributed by atoms with Gasteiger partial charge in [-0.25, -0.2) is 4.39 Å². The van der Waals surface area contributed by atoms with E-state index in [2.05, 4.69) is 5.32 Å². The summed E-state index contributed by atoms with van der Waals surface area (Å²) < 4.78 is 19.0. The van der Waals surface area contributed by atoms with Crippen molar-refractivity contribution in [2.75, 3.05) is 26.2 Å². The van der Waals surface area contributed by atoms with Crippen molar-refractivity contribution in [3.05, 3.63) is 63.9 Å². The van der Waals surface area contributed by atoms with Gasteiger partial charge in [-0.15, -0.1) is 0 Å². The summed E-state index contributed by atoms with van der Waals surface area (Å²) in [5.74, 6) is 0.101. The quantitative estimate of drug-likeness (QED) is 0.662. The van der Waals surface area contributed by atoms with E-state index >= 15 is 0 Å². The third kappa shape index (κ3) is 6.84. The van der Waals surface area contributed by atoms with Gasteiger partial charge in [-0.05, 0) is 55.6 Å². The lowest BCUT2D eigenvalue weighted by molar-refractivity contribution is -0.122. The number of carbonyl (C=O) groups is 1. The first-order chi connectivity index (χ1) is 14.3.